The number of carbonyl (C=O) groups is 4. The van der Waals surface area contributed by atoms with Crippen LogP contribution < -0.4 is 15.0 Å². The van der Waals surface area contributed by atoms with Crippen LogP contribution in [0.25, 0.3) is 0 Å². The van der Waals surface area contributed by atoms with Crippen molar-refractivity contribution >= 4 is 55.3 Å². The number of aryl methyl sites for hydroxylation is 1. The first-order valence-electron chi connectivity index (χ1n) is 24.0. The zero-order chi connectivity index (χ0) is 53.1. The van der Waals surface area contributed by atoms with Gasteiger partial charge < -0.3 is 24.9 Å². The number of phenolic OH excluding ortho intramolecular Hbond substituents is 1. The fourth-order valence-electron chi connectivity index (χ4n) is 9.54. The van der Waals surface area contributed by atoms with E-state index in [-0.39, 0.29) is 47.3 Å². The number of hydrogen-bond acceptors (Lipinski definition) is 13. The number of phenols is 1. The second-order valence-electron chi connectivity index (χ2n) is 19.9. The maximum Gasteiger partial charge on any atom is 0.333 e. The molecule has 3 heterocycles. The maximum atomic E-state index is 13.6. The number of ether oxygens (including phenoxy) is 1. The van der Waals surface area contributed by atoms with Crippen LogP contribution in [0.5, 0.6) is 11.5 Å². The van der Waals surface area contributed by atoms with E-state index in [0.717, 1.165) is 33.6 Å². The molecular weight excluding hydrogens is 965 g/mol. The number of nitrogens with zero attached hydrogens (tertiary/aromatic N) is 3. The topological polar surface area (TPSA) is 247 Å². The molecule has 0 spiro atoms. The van der Waals surface area contributed by atoms with E-state index < -0.39 is 54.5 Å². The van der Waals surface area contributed by atoms with Gasteiger partial charge in [0.15, 0.2) is 5.60 Å². The molecule has 3 amide bonds. The minimum absolute atomic E-state index is 0.00286. The Morgan fingerprint density at radius 1 is 0.847 bits per heavy atom. The van der Waals surface area contributed by atoms with Crippen molar-refractivity contribution in [2.24, 2.45) is 4.99 Å². The molecule has 0 saturated carbocycles. The number of aromatic hydroxyl groups is 1. The Labute approximate surface area is 422 Å². The number of nitrogens with one attached hydrogen (secondary N) is 1. The van der Waals surface area contributed by atoms with Gasteiger partial charge in [0.05, 0.1) is 9.79 Å². The predicted octanol–water partition coefficient (Wildman–Crippen LogP) is 8.09. The van der Waals surface area contributed by atoms with Gasteiger partial charge in [-0.2, -0.15) is 16.8 Å². The monoisotopic (exact) mass is 1030 g/mol. The van der Waals surface area contributed by atoms with E-state index in [4.69, 9.17) is 14.6 Å². The van der Waals surface area contributed by atoms with E-state index >= 15 is 0 Å². The molecule has 1 saturated heterocycles. The molecule has 3 aliphatic heterocycles. The van der Waals surface area contributed by atoms with Crippen LogP contribution in [0, 0.1) is 27.7 Å². The number of rotatable bonds is 19. The van der Waals surface area contributed by atoms with Gasteiger partial charge in [-0.25, -0.2) is 4.79 Å². The lowest BCUT2D eigenvalue weighted by atomic mass is 9.77. The molecule has 1 unspecified atom stereocenters. The highest BCUT2D eigenvalue weighted by atomic mass is 32.2. The fourth-order valence-corrected chi connectivity index (χ4v) is 10.6. The van der Waals surface area contributed by atoms with Crippen LogP contribution >= 0.6 is 0 Å². The average molecular weight is 1030 g/mol. The number of benzene rings is 3. The van der Waals surface area contributed by atoms with Crippen molar-refractivity contribution in [1.29, 1.82) is 0 Å². The van der Waals surface area contributed by atoms with Crippen LogP contribution in [0.15, 0.2) is 87.3 Å². The Balaban J connectivity index is 1.20. The van der Waals surface area contributed by atoms with Crippen LogP contribution in [0.3, 0.4) is 0 Å². The number of aliphatic imine (C=N–C) groups is 1. The molecule has 0 radical (unpaired) electrons. The highest BCUT2D eigenvalue weighted by molar-refractivity contribution is 7.86. The highest BCUT2D eigenvalue weighted by Gasteiger charge is 2.42. The van der Waals surface area contributed by atoms with Crippen molar-refractivity contribution < 1.29 is 59.8 Å². The normalized spacial score (nSPS) is 18.8. The SMILES string of the molecule is Cc1ccc(S(=O)(=O)O)cc1C(C)(C)C(/C=C/C=C/C=C1/N(CCCCCC(=O)ON2C(=O)CCC2=O)c2ccc(S(=O)(=O)O)cc2C1(C)C)=NCCCNC(=O)C1(C)CCc2c(C)c(O)c(C)c(C)c2O1. The predicted molar refractivity (Wildman–Crippen MR) is 272 cm³/mol. The number of anilines is 1. The zero-order valence-corrected chi connectivity index (χ0v) is 44.1. The third-order valence-electron chi connectivity index (χ3n) is 14.1. The number of hydrogen-bond donors (Lipinski definition) is 4. The van der Waals surface area contributed by atoms with Gasteiger partial charge in [0.2, 0.25) is 0 Å². The van der Waals surface area contributed by atoms with Gasteiger partial charge in [-0.3, -0.25) is 28.5 Å². The van der Waals surface area contributed by atoms with Gasteiger partial charge in [0.25, 0.3) is 38.0 Å². The van der Waals surface area contributed by atoms with Crippen molar-refractivity contribution in [3.05, 3.63) is 111 Å². The number of fused-ring (bicyclic) bond motifs is 2. The third kappa shape index (κ3) is 11.9. The summed E-state index contributed by atoms with van der Waals surface area (Å²) in [6.07, 6.45) is 12.2. The Hall–Kier alpha value is -6.15. The van der Waals surface area contributed by atoms with Crippen LogP contribution in [0.2, 0.25) is 0 Å². The molecule has 72 heavy (non-hydrogen) atoms. The molecule has 6 rings (SSSR count). The molecule has 1 fully saturated rings. The van der Waals surface area contributed by atoms with Crippen molar-refractivity contribution in [3.63, 3.8) is 0 Å². The summed E-state index contributed by atoms with van der Waals surface area (Å²) in [5, 5.41) is 14.1. The zero-order valence-electron chi connectivity index (χ0n) is 42.4. The lowest BCUT2D eigenvalue weighted by Gasteiger charge is -2.36. The van der Waals surface area contributed by atoms with Gasteiger partial charge in [0, 0.05) is 78.8 Å². The van der Waals surface area contributed by atoms with E-state index in [1.54, 1.807) is 31.2 Å². The Kier molecular flexibility index (Phi) is 16.5. The summed E-state index contributed by atoms with van der Waals surface area (Å²) in [6.45, 7) is 17.9. The molecule has 3 aliphatic rings. The van der Waals surface area contributed by atoms with Crippen molar-refractivity contribution in [2.75, 3.05) is 24.5 Å². The molecular formula is C53H66N4O13S2. The van der Waals surface area contributed by atoms with Crippen molar-refractivity contribution in [3.8, 4) is 11.5 Å². The van der Waals surface area contributed by atoms with Gasteiger partial charge in [-0.15, -0.1) is 5.06 Å². The molecule has 0 bridgehead atoms. The molecule has 19 heteroatoms. The lowest BCUT2D eigenvalue weighted by Crippen LogP contribution is -2.51. The smallest absolute Gasteiger partial charge is 0.333 e. The average Bonchev–Trinajstić information content (AvgIpc) is 3.73. The van der Waals surface area contributed by atoms with Gasteiger partial charge in [-0.1, -0.05) is 58.4 Å². The van der Waals surface area contributed by atoms with E-state index in [0.29, 0.717) is 84.8 Å². The Bertz CT molecular complexity index is 3010. The minimum Gasteiger partial charge on any atom is -0.507 e. The molecule has 3 aromatic rings. The number of allylic oxidation sites excluding steroid dienone is 6. The summed E-state index contributed by atoms with van der Waals surface area (Å²) in [5.41, 5.74) is 4.64. The second kappa shape index (κ2) is 21.5. The van der Waals surface area contributed by atoms with E-state index in [2.05, 4.69) is 10.2 Å². The van der Waals surface area contributed by atoms with E-state index in [9.17, 15) is 50.2 Å². The van der Waals surface area contributed by atoms with Crippen molar-refractivity contribution in [1.82, 2.24) is 10.4 Å². The van der Waals surface area contributed by atoms with Crippen LogP contribution in [-0.2, 0) is 61.5 Å². The maximum absolute atomic E-state index is 13.6. The van der Waals surface area contributed by atoms with E-state index in [1.807, 2.05) is 73.6 Å². The van der Waals surface area contributed by atoms with Gasteiger partial charge >= 0.3 is 5.97 Å². The fraction of sp³-hybridized carbons (Fsp3) is 0.453. The standard InChI is InChI=1S/C53H66N4O13S2/c1-33-20-21-37(71(63,64)65)31-40(33)51(5,6)43(54-28-16-29-55-50(62)53(9)27-26-39-36(4)48(61)34(2)35(3)49(39)69-53)17-12-10-13-18-44-52(7,8)41-32-38(72(66,67)68)22-23-42(41)56(44)30-15-11-14-19-47(60)70-57-45(58)24-25-46(57)59/h10,12-13,17-18,20-23,31-32,61H,11,14-16,19,24-30H2,1-9H3,(H,55,62)(H,63,64,65)(H,66,67,68)/b13-10+,17-12+,44-18+,54-43?. The van der Waals surface area contributed by atoms with Crippen LogP contribution in [0.1, 0.15) is 125 Å². The molecule has 3 aromatic carbocycles. The lowest BCUT2D eigenvalue weighted by molar-refractivity contribution is -0.197. The summed E-state index contributed by atoms with van der Waals surface area (Å²) in [7, 11) is -9.02. The summed E-state index contributed by atoms with van der Waals surface area (Å²) >= 11 is 0. The molecule has 0 aromatic heterocycles. The third-order valence-corrected chi connectivity index (χ3v) is 15.8. The van der Waals surface area contributed by atoms with Gasteiger partial charge in [0.1, 0.15) is 11.5 Å². The molecule has 1 atom stereocenters. The summed E-state index contributed by atoms with van der Waals surface area (Å²) in [6, 6.07) is 8.88. The summed E-state index contributed by atoms with van der Waals surface area (Å²) in [4.78, 5) is 61.3. The molecule has 4 N–H and O–H groups in total. The number of carbonyl (C=O) groups excluding carboxylic acids is 4. The first-order valence-corrected chi connectivity index (χ1v) is 26.9. The van der Waals surface area contributed by atoms with Gasteiger partial charge in [-0.05, 0) is 136 Å². The second-order valence-corrected chi connectivity index (χ2v) is 22.7. The molecule has 0 aliphatic carbocycles. The number of hydroxylamine groups is 2. The quantitative estimate of drug-likeness (QED) is 0.0292. The molecule has 17 nitrogen and oxygen atoms in total. The first-order chi connectivity index (χ1) is 33.6. The van der Waals surface area contributed by atoms with Crippen molar-refractivity contribution in [2.45, 2.75) is 146 Å². The number of amides is 3. The van der Waals surface area contributed by atoms with Crippen LogP contribution in [-0.4, -0.2) is 90.7 Å². The number of imide groups is 1. The number of unbranched alkanes of at least 4 members (excludes halogenated alkanes) is 2. The Morgan fingerprint density at radius 2 is 1.50 bits per heavy atom. The largest absolute Gasteiger partial charge is 0.507 e. The molecule has 388 valence electrons. The Morgan fingerprint density at radius 3 is 2.17 bits per heavy atom. The minimum atomic E-state index is -4.52. The summed E-state index contributed by atoms with van der Waals surface area (Å²) in [5.74, 6) is -1.18. The summed E-state index contributed by atoms with van der Waals surface area (Å²) < 4.78 is 75.2. The highest BCUT2D eigenvalue weighted by Crippen LogP contribution is 2.49. The van der Waals surface area contributed by atoms with E-state index in [1.165, 1.54) is 24.3 Å². The first kappa shape index (κ1) is 55.2. The van der Waals surface area contributed by atoms with Crippen LogP contribution in [0.4, 0.5) is 5.69 Å².